The van der Waals surface area contributed by atoms with Gasteiger partial charge < -0.3 is 9.52 Å². The summed E-state index contributed by atoms with van der Waals surface area (Å²) in [7, 11) is 0. The van der Waals surface area contributed by atoms with Crippen molar-refractivity contribution in [2.45, 2.75) is 12.8 Å². The Labute approximate surface area is 111 Å². The third-order valence-corrected chi connectivity index (χ3v) is 2.72. The predicted octanol–water partition coefficient (Wildman–Crippen LogP) is 3.18. The van der Waals surface area contributed by atoms with Gasteiger partial charge in [0.05, 0.1) is 11.4 Å². The van der Waals surface area contributed by atoms with Crippen molar-refractivity contribution in [1.29, 1.82) is 0 Å². The Morgan fingerprint density at radius 1 is 1.28 bits per heavy atom. The van der Waals surface area contributed by atoms with Gasteiger partial charge in [0.1, 0.15) is 5.52 Å². The lowest BCUT2D eigenvalue weighted by atomic mass is 10.2. The summed E-state index contributed by atoms with van der Waals surface area (Å²) in [5.41, 5.74) is 0.630. The van der Waals surface area contributed by atoms with Gasteiger partial charge in [0.25, 0.3) is 5.89 Å². The Balaban J connectivity index is 2.32. The molecule has 0 spiro atoms. The summed E-state index contributed by atoms with van der Waals surface area (Å²) in [5, 5.41) is 9.13. The van der Waals surface area contributed by atoms with E-state index in [1.807, 2.05) is 0 Å². The molecular weight excluding hydrogens is 281 g/mol. The molecular formula is C11H7Cl2NO4. The minimum atomic E-state index is -1.06. The SMILES string of the molecule is O=C(O)CCC(=O)c1nc2c(Cl)cc(Cl)cc2o1. The first-order chi connectivity index (χ1) is 8.47. The third-order valence-electron chi connectivity index (χ3n) is 2.22. The molecule has 0 saturated carbocycles. The van der Waals surface area contributed by atoms with Gasteiger partial charge in [0.2, 0.25) is 5.78 Å². The second kappa shape index (κ2) is 4.96. The summed E-state index contributed by atoms with van der Waals surface area (Å²) in [6, 6.07) is 2.98. The zero-order chi connectivity index (χ0) is 13.3. The number of oxazole rings is 1. The molecule has 0 unspecified atom stereocenters. The van der Waals surface area contributed by atoms with Crippen LogP contribution in [0.25, 0.3) is 11.1 Å². The number of carboxylic acid groups (broad SMARTS) is 1. The van der Waals surface area contributed by atoms with E-state index in [1.54, 1.807) is 0 Å². The highest BCUT2D eigenvalue weighted by atomic mass is 35.5. The summed E-state index contributed by atoms with van der Waals surface area (Å²) >= 11 is 11.7. The van der Waals surface area contributed by atoms with Crippen LogP contribution in [-0.2, 0) is 4.79 Å². The molecule has 0 aliphatic rings. The van der Waals surface area contributed by atoms with E-state index in [2.05, 4.69) is 4.98 Å². The first kappa shape index (κ1) is 12.9. The van der Waals surface area contributed by atoms with Crippen LogP contribution in [0.5, 0.6) is 0 Å². The second-order valence-corrected chi connectivity index (χ2v) is 4.41. The van der Waals surface area contributed by atoms with Crippen molar-refractivity contribution in [3.05, 3.63) is 28.1 Å². The standard InChI is InChI=1S/C11H7Cl2NO4/c12-5-3-6(13)10-8(4-5)18-11(14-10)7(15)1-2-9(16)17/h3-4H,1-2H2,(H,16,17). The lowest BCUT2D eigenvalue weighted by molar-refractivity contribution is -0.136. The number of Topliss-reactive ketones (excluding diaryl/α,β-unsaturated/α-hetero) is 1. The molecule has 0 bridgehead atoms. The van der Waals surface area contributed by atoms with E-state index in [0.29, 0.717) is 16.1 Å². The number of hydrogen-bond acceptors (Lipinski definition) is 4. The fraction of sp³-hybridized carbons (Fsp3) is 0.182. The fourth-order valence-corrected chi connectivity index (χ4v) is 1.92. The maximum atomic E-state index is 11.6. The molecule has 1 aromatic heterocycles. The molecule has 0 fully saturated rings. The number of ketones is 1. The number of carbonyl (C=O) groups is 2. The van der Waals surface area contributed by atoms with Gasteiger partial charge in [-0.2, -0.15) is 0 Å². The number of carboxylic acids is 1. The van der Waals surface area contributed by atoms with Gasteiger partial charge in [-0.05, 0) is 6.07 Å². The smallest absolute Gasteiger partial charge is 0.303 e. The Hall–Kier alpha value is -1.59. The molecule has 2 aromatic rings. The first-order valence-electron chi connectivity index (χ1n) is 4.98. The van der Waals surface area contributed by atoms with Crippen molar-refractivity contribution >= 4 is 46.1 Å². The number of nitrogens with zero attached hydrogens (tertiary/aromatic N) is 1. The molecule has 1 heterocycles. The number of hydrogen-bond donors (Lipinski definition) is 1. The number of carbonyl (C=O) groups excluding carboxylic acids is 1. The highest BCUT2D eigenvalue weighted by Gasteiger charge is 2.17. The molecule has 0 radical (unpaired) electrons. The number of aromatic nitrogens is 1. The summed E-state index contributed by atoms with van der Waals surface area (Å²) in [6.45, 7) is 0. The van der Waals surface area contributed by atoms with E-state index in [1.165, 1.54) is 12.1 Å². The van der Waals surface area contributed by atoms with Crippen LogP contribution in [-0.4, -0.2) is 21.8 Å². The van der Waals surface area contributed by atoms with Crippen LogP contribution in [0.3, 0.4) is 0 Å². The van der Waals surface area contributed by atoms with Gasteiger partial charge in [-0.3, -0.25) is 9.59 Å². The molecule has 0 aliphatic heterocycles. The van der Waals surface area contributed by atoms with Gasteiger partial charge in [0, 0.05) is 17.5 Å². The van der Waals surface area contributed by atoms with Gasteiger partial charge in [-0.15, -0.1) is 0 Å². The van der Waals surface area contributed by atoms with Crippen LogP contribution in [0.1, 0.15) is 23.5 Å². The van der Waals surface area contributed by atoms with E-state index in [9.17, 15) is 9.59 Å². The Morgan fingerprint density at radius 2 is 2.00 bits per heavy atom. The molecule has 0 amide bonds. The van der Waals surface area contributed by atoms with E-state index >= 15 is 0 Å². The first-order valence-corrected chi connectivity index (χ1v) is 5.73. The molecule has 0 atom stereocenters. The second-order valence-electron chi connectivity index (χ2n) is 3.57. The summed E-state index contributed by atoms with van der Waals surface area (Å²) in [5.74, 6) is -1.70. The van der Waals surface area contributed by atoms with E-state index in [4.69, 9.17) is 32.7 Å². The van der Waals surface area contributed by atoms with Crippen LogP contribution >= 0.6 is 23.2 Å². The highest BCUT2D eigenvalue weighted by molar-refractivity contribution is 6.38. The largest absolute Gasteiger partial charge is 0.481 e. The lowest BCUT2D eigenvalue weighted by Crippen LogP contribution is -2.03. The molecule has 0 aliphatic carbocycles. The van der Waals surface area contributed by atoms with Crippen molar-refractivity contribution < 1.29 is 19.1 Å². The maximum absolute atomic E-state index is 11.6. The van der Waals surface area contributed by atoms with Gasteiger partial charge in [0.15, 0.2) is 5.58 Å². The van der Waals surface area contributed by atoms with Crippen molar-refractivity contribution in [1.82, 2.24) is 4.98 Å². The van der Waals surface area contributed by atoms with Crippen molar-refractivity contribution in [2.75, 3.05) is 0 Å². The molecule has 1 aromatic carbocycles. The molecule has 0 saturated heterocycles. The topological polar surface area (TPSA) is 80.4 Å². The molecule has 2 rings (SSSR count). The van der Waals surface area contributed by atoms with Gasteiger partial charge >= 0.3 is 5.97 Å². The van der Waals surface area contributed by atoms with E-state index < -0.39 is 11.8 Å². The molecule has 94 valence electrons. The molecule has 18 heavy (non-hydrogen) atoms. The monoisotopic (exact) mass is 287 g/mol. The lowest BCUT2D eigenvalue weighted by Gasteiger charge is -1.91. The van der Waals surface area contributed by atoms with E-state index in [-0.39, 0.29) is 23.8 Å². The number of benzene rings is 1. The van der Waals surface area contributed by atoms with Crippen molar-refractivity contribution in [3.63, 3.8) is 0 Å². The zero-order valence-electron chi connectivity index (χ0n) is 8.94. The van der Waals surface area contributed by atoms with Crippen molar-refractivity contribution in [2.24, 2.45) is 0 Å². The number of fused-ring (bicyclic) bond motifs is 1. The average Bonchev–Trinajstić information content (AvgIpc) is 2.69. The van der Waals surface area contributed by atoms with Gasteiger partial charge in [-0.1, -0.05) is 23.2 Å². The number of halogens is 2. The molecule has 5 nitrogen and oxygen atoms in total. The minimum Gasteiger partial charge on any atom is -0.481 e. The van der Waals surface area contributed by atoms with Crippen LogP contribution in [0, 0.1) is 0 Å². The molecule has 7 heteroatoms. The maximum Gasteiger partial charge on any atom is 0.303 e. The Morgan fingerprint density at radius 3 is 2.67 bits per heavy atom. The van der Waals surface area contributed by atoms with Crippen LogP contribution < -0.4 is 0 Å². The van der Waals surface area contributed by atoms with E-state index in [0.717, 1.165) is 0 Å². The third kappa shape index (κ3) is 2.63. The fourth-order valence-electron chi connectivity index (χ4n) is 1.40. The quantitative estimate of drug-likeness (QED) is 0.874. The highest BCUT2D eigenvalue weighted by Crippen LogP contribution is 2.28. The average molecular weight is 288 g/mol. The van der Waals surface area contributed by atoms with Crippen LogP contribution in [0.15, 0.2) is 16.5 Å². The van der Waals surface area contributed by atoms with Crippen molar-refractivity contribution in [3.8, 4) is 0 Å². The summed E-state index contributed by atoms with van der Waals surface area (Å²) < 4.78 is 5.20. The Bertz CT molecular complexity index is 635. The summed E-state index contributed by atoms with van der Waals surface area (Å²) in [6.07, 6.45) is -0.445. The van der Waals surface area contributed by atoms with Crippen LogP contribution in [0.4, 0.5) is 0 Å². The van der Waals surface area contributed by atoms with Gasteiger partial charge in [-0.25, -0.2) is 4.98 Å². The zero-order valence-corrected chi connectivity index (χ0v) is 10.5. The molecule has 1 N–H and O–H groups in total. The number of rotatable bonds is 4. The predicted molar refractivity (Wildman–Crippen MR) is 65.2 cm³/mol. The number of aliphatic carboxylic acids is 1. The Kier molecular flexibility index (Phi) is 3.54. The summed E-state index contributed by atoms with van der Waals surface area (Å²) in [4.78, 5) is 25.9. The normalized spacial score (nSPS) is 10.8. The minimum absolute atomic E-state index is 0.157. The van der Waals surface area contributed by atoms with Crippen LogP contribution in [0.2, 0.25) is 10.0 Å².